The highest BCUT2D eigenvalue weighted by molar-refractivity contribution is 9.10. The fourth-order valence-corrected chi connectivity index (χ4v) is 5.87. The summed E-state index contributed by atoms with van der Waals surface area (Å²) in [5.74, 6) is -1.26. The van der Waals surface area contributed by atoms with Crippen LogP contribution < -0.4 is 9.62 Å². The first-order chi connectivity index (χ1) is 20.1. The van der Waals surface area contributed by atoms with Crippen molar-refractivity contribution in [3.05, 3.63) is 99.0 Å². The van der Waals surface area contributed by atoms with Crippen LogP contribution in [0.2, 0.25) is 5.02 Å². The maximum absolute atomic E-state index is 14.1. The predicted molar refractivity (Wildman–Crippen MR) is 165 cm³/mol. The molecule has 0 spiro atoms. The molecule has 0 heterocycles. The van der Waals surface area contributed by atoms with Crippen LogP contribution >= 0.6 is 27.5 Å². The molecule has 13 heteroatoms. The van der Waals surface area contributed by atoms with E-state index in [2.05, 4.69) is 21.2 Å². The van der Waals surface area contributed by atoms with Crippen LogP contribution in [0.5, 0.6) is 0 Å². The van der Waals surface area contributed by atoms with Gasteiger partial charge in [-0.2, -0.15) is 13.2 Å². The van der Waals surface area contributed by atoms with E-state index in [4.69, 9.17) is 11.6 Å². The number of sulfonamides is 1. The summed E-state index contributed by atoms with van der Waals surface area (Å²) < 4.78 is 67.7. The maximum atomic E-state index is 14.1. The highest BCUT2D eigenvalue weighted by Crippen LogP contribution is 2.36. The van der Waals surface area contributed by atoms with E-state index in [-0.39, 0.29) is 24.0 Å². The Bertz CT molecular complexity index is 1540. The van der Waals surface area contributed by atoms with E-state index in [1.807, 2.05) is 19.9 Å². The Morgan fingerprint density at radius 2 is 1.65 bits per heavy atom. The summed E-state index contributed by atoms with van der Waals surface area (Å²) in [7, 11) is -4.31. The van der Waals surface area contributed by atoms with Crippen LogP contribution in [0.4, 0.5) is 18.9 Å². The van der Waals surface area contributed by atoms with Crippen molar-refractivity contribution < 1.29 is 31.2 Å². The predicted octanol–water partition coefficient (Wildman–Crippen LogP) is 6.44. The zero-order valence-electron chi connectivity index (χ0n) is 23.7. The van der Waals surface area contributed by atoms with Gasteiger partial charge in [0, 0.05) is 23.5 Å². The topological polar surface area (TPSA) is 86.8 Å². The Labute approximate surface area is 263 Å². The molecule has 0 radical (unpaired) electrons. The first-order valence-electron chi connectivity index (χ1n) is 13.3. The summed E-state index contributed by atoms with van der Waals surface area (Å²) in [6, 6.07) is 17.0. The quantitative estimate of drug-likeness (QED) is 0.236. The highest BCUT2D eigenvalue weighted by atomic mass is 79.9. The number of amides is 2. The van der Waals surface area contributed by atoms with E-state index in [0.717, 1.165) is 28.4 Å². The number of rotatable bonds is 12. The molecule has 0 aromatic heterocycles. The summed E-state index contributed by atoms with van der Waals surface area (Å²) in [4.78, 5) is 29.1. The van der Waals surface area contributed by atoms with Crippen molar-refractivity contribution in [2.75, 3.05) is 17.1 Å². The molecule has 2 amide bonds. The molecule has 0 bridgehead atoms. The molecule has 2 unspecified atom stereocenters. The number of alkyl halides is 3. The zero-order chi connectivity index (χ0) is 31.9. The Balaban J connectivity index is 2.12. The van der Waals surface area contributed by atoms with Gasteiger partial charge >= 0.3 is 6.18 Å². The van der Waals surface area contributed by atoms with Crippen LogP contribution in [0.1, 0.15) is 37.0 Å². The first kappa shape index (κ1) is 34.4. The van der Waals surface area contributed by atoms with Gasteiger partial charge in [-0.25, -0.2) is 8.42 Å². The van der Waals surface area contributed by atoms with E-state index in [9.17, 15) is 31.2 Å². The molecule has 43 heavy (non-hydrogen) atoms. The maximum Gasteiger partial charge on any atom is 0.416 e. The summed E-state index contributed by atoms with van der Waals surface area (Å²) in [5.41, 5.74) is -0.243. The van der Waals surface area contributed by atoms with E-state index in [0.29, 0.717) is 22.4 Å². The summed E-state index contributed by atoms with van der Waals surface area (Å²) in [5, 5.41) is 2.62. The minimum Gasteiger partial charge on any atom is -0.352 e. The highest BCUT2D eigenvalue weighted by Gasteiger charge is 2.36. The normalized spacial score (nSPS) is 13.2. The second-order valence-corrected chi connectivity index (χ2v) is 13.3. The number of carbonyl (C=O) groups excluding carboxylic acids is 2. The average Bonchev–Trinajstić information content (AvgIpc) is 2.93. The average molecular weight is 703 g/mol. The van der Waals surface area contributed by atoms with Gasteiger partial charge in [0.1, 0.15) is 12.6 Å². The molecule has 1 N–H and O–H groups in total. The minimum atomic E-state index is -4.78. The van der Waals surface area contributed by atoms with Gasteiger partial charge in [0.25, 0.3) is 0 Å². The Morgan fingerprint density at radius 1 is 1.00 bits per heavy atom. The molecular weight excluding hydrogens is 671 g/mol. The molecule has 3 rings (SSSR count). The molecule has 3 aromatic rings. The van der Waals surface area contributed by atoms with Gasteiger partial charge in [-0.3, -0.25) is 13.9 Å². The van der Waals surface area contributed by atoms with Crippen LogP contribution in [0.25, 0.3) is 0 Å². The molecule has 0 aliphatic rings. The van der Waals surface area contributed by atoms with Crippen LogP contribution in [-0.4, -0.2) is 50.0 Å². The van der Waals surface area contributed by atoms with Crippen LogP contribution in [-0.2, 0) is 38.8 Å². The molecule has 3 aromatic carbocycles. The largest absolute Gasteiger partial charge is 0.416 e. The number of nitrogens with zero attached hydrogens (tertiary/aromatic N) is 2. The van der Waals surface area contributed by atoms with Gasteiger partial charge in [-0.05, 0) is 54.8 Å². The Hall–Kier alpha value is -3.09. The van der Waals surface area contributed by atoms with Crippen LogP contribution in [0, 0.1) is 0 Å². The van der Waals surface area contributed by atoms with Gasteiger partial charge in [-0.15, -0.1) is 0 Å². The monoisotopic (exact) mass is 701 g/mol. The van der Waals surface area contributed by atoms with Crippen molar-refractivity contribution >= 4 is 55.1 Å². The van der Waals surface area contributed by atoms with E-state index in [1.165, 1.54) is 4.90 Å². The molecule has 7 nitrogen and oxygen atoms in total. The van der Waals surface area contributed by atoms with Crippen LogP contribution in [0.3, 0.4) is 0 Å². The van der Waals surface area contributed by atoms with Gasteiger partial charge < -0.3 is 10.2 Å². The first-order valence-corrected chi connectivity index (χ1v) is 16.3. The Kier molecular flexibility index (Phi) is 11.7. The summed E-state index contributed by atoms with van der Waals surface area (Å²) in [6.07, 6.45) is -3.29. The smallest absolute Gasteiger partial charge is 0.352 e. The summed E-state index contributed by atoms with van der Waals surface area (Å²) in [6.45, 7) is 2.73. The molecular formula is C30H32BrClF3N3O4S. The van der Waals surface area contributed by atoms with Crippen molar-refractivity contribution in [2.45, 2.75) is 51.5 Å². The molecule has 2 atom stereocenters. The molecule has 0 saturated heterocycles. The van der Waals surface area contributed by atoms with Crippen LogP contribution in [0.15, 0.2) is 77.3 Å². The fourth-order valence-electron chi connectivity index (χ4n) is 4.30. The second-order valence-electron chi connectivity index (χ2n) is 10.1. The van der Waals surface area contributed by atoms with Gasteiger partial charge in [0.15, 0.2) is 0 Å². The number of hydrogen-bond acceptors (Lipinski definition) is 4. The number of nitrogens with one attached hydrogen (secondary N) is 1. The number of anilines is 1. The van der Waals surface area contributed by atoms with Gasteiger partial charge in [-0.1, -0.05) is 76.9 Å². The minimum absolute atomic E-state index is 0.0857. The van der Waals surface area contributed by atoms with Crippen molar-refractivity contribution in [3.8, 4) is 0 Å². The third kappa shape index (κ3) is 9.70. The lowest BCUT2D eigenvalue weighted by Gasteiger charge is -2.34. The fraction of sp³-hybridized carbons (Fsp3) is 0.333. The van der Waals surface area contributed by atoms with E-state index < -0.39 is 51.9 Å². The van der Waals surface area contributed by atoms with Crippen molar-refractivity contribution in [3.63, 3.8) is 0 Å². The zero-order valence-corrected chi connectivity index (χ0v) is 26.9. The lowest BCUT2D eigenvalue weighted by Crippen LogP contribution is -2.54. The number of halogens is 5. The van der Waals surface area contributed by atoms with E-state index >= 15 is 0 Å². The number of carbonyl (C=O) groups is 2. The molecule has 0 fully saturated rings. The van der Waals surface area contributed by atoms with Crippen molar-refractivity contribution in [1.29, 1.82) is 0 Å². The van der Waals surface area contributed by atoms with Gasteiger partial charge in [0.2, 0.25) is 21.8 Å². The third-order valence-corrected chi connectivity index (χ3v) is 8.67. The molecule has 0 saturated carbocycles. The second kappa shape index (κ2) is 14.6. The lowest BCUT2D eigenvalue weighted by molar-refractivity contribution is -0.140. The van der Waals surface area contributed by atoms with Gasteiger partial charge in [0.05, 0.1) is 22.5 Å². The van der Waals surface area contributed by atoms with Crippen molar-refractivity contribution in [2.24, 2.45) is 0 Å². The van der Waals surface area contributed by atoms with Crippen molar-refractivity contribution in [1.82, 2.24) is 10.2 Å². The molecule has 0 aliphatic carbocycles. The Morgan fingerprint density at radius 3 is 2.23 bits per heavy atom. The molecule has 232 valence electrons. The van der Waals surface area contributed by atoms with E-state index in [1.54, 1.807) is 48.5 Å². The SMILES string of the molecule is CCC(C)NC(=O)C(Cc1ccccc1)N(Cc1cccc(Br)c1)C(=O)CN(c1cc(C(F)(F)F)ccc1Cl)S(C)(=O)=O. The summed E-state index contributed by atoms with van der Waals surface area (Å²) >= 11 is 9.58. The molecule has 0 aliphatic heterocycles. The standard InChI is InChI=1S/C30H32BrClF3N3O4S/c1-4-20(2)36-29(40)27(16-21-9-6-5-7-10-21)37(18-22-11-8-12-24(31)15-22)28(39)19-38(43(3,41)42)26-17-23(30(33,34)35)13-14-25(26)32/h5-15,17,20,27H,4,16,18-19H2,1-3H3,(H,36,40). The third-order valence-electron chi connectivity index (χ3n) is 6.74. The lowest BCUT2D eigenvalue weighted by atomic mass is 10.0. The number of hydrogen-bond donors (Lipinski definition) is 1. The number of benzene rings is 3.